The molecule has 2 atom stereocenters. The van der Waals surface area contributed by atoms with Gasteiger partial charge in [0, 0.05) is 26.6 Å². The number of hydrogen-bond donors (Lipinski definition) is 3. The number of nitrogens with zero attached hydrogens (tertiary/aromatic N) is 1. The Kier molecular flexibility index (Phi) is 5.75. The molecule has 1 aliphatic heterocycles. The van der Waals surface area contributed by atoms with Crippen molar-refractivity contribution >= 4 is 17.8 Å². The van der Waals surface area contributed by atoms with E-state index in [0.717, 1.165) is 19.4 Å². The van der Waals surface area contributed by atoms with Crippen molar-refractivity contribution in [1.29, 1.82) is 0 Å². The van der Waals surface area contributed by atoms with E-state index in [9.17, 15) is 14.4 Å². The zero-order valence-electron chi connectivity index (χ0n) is 11.7. The second kappa shape index (κ2) is 7.08. The largest absolute Gasteiger partial charge is 0.352 e. The van der Waals surface area contributed by atoms with Crippen molar-refractivity contribution in [3.8, 4) is 0 Å². The summed E-state index contributed by atoms with van der Waals surface area (Å²) in [5, 5.41) is 7.47. The molecule has 3 N–H and O–H groups in total. The van der Waals surface area contributed by atoms with E-state index in [2.05, 4.69) is 16.0 Å². The highest BCUT2D eigenvalue weighted by molar-refractivity contribution is 5.96. The first-order valence-electron chi connectivity index (χ1n) is 6.47. The summed E-state index contributed by atoms with van der Waals surface area (Å²) < 4.78 is 0. The first kappa shape index (κ1) is 15.4. The summed E-state index contributed by atoms with van der Waals surface area (Å²) in [6, 6.07) is -0.831. The third kappa shape index (κ3) is 4.86. The summed E-state index contributed by atoms with van der Waals surface area (Å²) in [6.07, 6.45) is 1.84. The van der Waals surface area contributed by atoms with E-state index >= 15 is 0 Å². The number of rotatable bonds is 3. The molecule has 4 amide bonds. The molecule has 0 bridgehead atoms. The van der Waals surface area contributed by atoms with E-state index in [1.54, 1.807) is 6.92 Å². The second-order valence-electron chi connectivity index (χ2n) is 4.78. The molecule has 0 radical (unpaired) electrons. The summed E-state index contributed by atoms with van der Waals surface area (Å²) in [4.78, 5) is 36.0. The first-order chi connectivity index (χ1) is 8.93. The molecule has 2 unspecified atom stereocenters. The van der Waals surface area contributed by atoms with E-state index in [1.807, 2.05) is 4.90 Å². The van der Waals surface area contributed by atoms with Gasteiger partial charge in [0.15, 0.2) is 0 Å². The van der Waals surface area contributed by atoms with Crippen LogP contribution in [0.25, 0.3) is 0 Å². The molecule has 0 aromatic heterocycles. The standard InChI is InChI=1S/C12H22N4O3/c1-8(11(18)15-12(19)13-3)16-6-4-5-10(7-16)14-9(2)17/h8,10H,4-7H2,1-3H3,(H,14,17)(H2,13,15,18,19). The summed E-state index contributed by atoms with van der Waals surface area (Å²) in [6.45, 7) is 4.66. The number of likely N-dealkylation sites (tertiary alicyclic amines) is 1. The normalized spacial score (nSPS) is 21.3. The van der Waals surface area contributed by atoms with Crippen LogP contribution in [0.5, 0.6) is 0 Å². The number of hydrogen-bond acceptors (Lipinski definition) is 4. The maximum atomic E-state index is 11.8. The van der Waals surface area contributed by atoms with Crippen LogP contribution in [0.1, 0.15) is 26.7 Å². The van der Waals surface area contributed by atoms with Crippen LogP contribution in [-0.4, -0.2) is 55.0 Å². The van der Waals surface area contributed by atoms with Crippen molar-refractivity contribution in [2.75, 3.05) is 20.1 Å². The highest BCUT2D eigenvalue weighted by Crippen LogP contribution is 2.13. The fourth-order valence-corrected chi connectivity index (χ4v) is 2.21. The molecule has 0 aromatic carbocycles. The molecule has 19 heavy (non-hydrogen) atoms. The lowest BCUT2D eigenvalue weighted by atomic mass is 10.0. The average molecular weight is 270 g/mol. The van der Waals surface area contributed by atoms with Gasteiger partial charge < -0.3 is 10.6 Å². The van der Waals surface area contributed by atoms with E-state index in [1.165, 1.54) is 14.0 Å². The second-order valence-corrected chi connectivity index (χ2v) is 4.78. The fourth-order valence-electron chi connectivity index (χ4n) is 2.21. The van der Waals surface area contributed by atoms with Crippen molar-refractivity contribution in [3.63, 3.8) is 0 Å². The fraction of sp³-hybridized carbons (Fsp3) is 0.750. The van der Waals surface area contributed by atoms with E-state index in [4.69, 9.17) is 0 Å². The molecule has 0 spiro atoms. The summed E-state index contributed by atoms with van der Waals surface area (Å²) in [5.41, 5.74) is 0. The monoisotopic (exact) mass is 270 g/mol. The van der Waals surface area contributed by atoms with Crippen LogP contribution in [-0.2, 0) is 9.59 Å². The zero-order valence-corrected chi connectivity index (χ0v) is 11.7. The van der Waals surface area contributed by atoms with Gasteiger partial charge in [0.1, 0.15) is 0 Å². The third-order valence-electron chi connectivity index (χ3n) is 3.25. The smallest absolute Gasteiger partial charge is 0.321 e. The molecule has 1 saturated heterocycles. The molecule has 0 aliphatic carbocycles. The predicted octanol–water partition coefficient (Wildman–Crippen LogP) is -0.569. The number of imide groups is 1. The van der Waals surface area contributed by atoms with Crippen molar-refractivity contribution in [1.82, 2.24) is 20.9 Å². The maximum absolute atomic E-state index is 11.8. The molecule has 1 fully saturated rings. The lowest BCUT2D eigenvalue weighted by molar-refractivity contribution is -0.125. The highest BCUT2D eigenvalue weighted by Gasteiger charge is 2.28. The van der Waals surface area contributed by atoms with Gasteiger partial charge in [-0.25, -0.2) is 4.79 Å². The molecule has 1 heterocycles. The van der Waals surface area contributed by atoms with Gasteiger partial charge in [-0.3, -0.25) is 19.8 Å². The molecule has 108 valence electrons. The van der Waals surface area contributed by atoms with E-state index in [-0.39, 0.29) is 17.9 Å². The topological polar surface area (TPSA) is 90.5 Å². The number of piperidine rings is 1. The Morgan fingerprint density at radius 2 is 2.00 bits per heavy atom. The summed E-state index contributed by atoms with van der Waals surface area (Å²) in [7, 11) is 1.46. The minimum absolute atomic E-state index is 0.0608. The van der Waals surface area contributed by atoms with Crippen molar-refractivity contribution in [3.05, 3.63) is 0 Å². The Morgan fingerprint density at radius 3 is 2.58 bits per heavy atom. The number of carbonyl (C=O) groups excluding carboxylic acids is 3. The summed E-state index contributed by atoms with van der Waals surface area (Å²) in [5.74, 6) is -0.392. The first-order valence-corrected chi connectivity index (χ1v) is 6.47. The highest BCUT2D eigenvalue weighted by atomic mass is 16.2. The lowest BCUT2D eigenvalue weighted by Crippen LogP contribution is -2.55. The van der Waals surface area contributed by atoms with E-state index < -0.39 is 12.1 Å². The van der Waals surface area contributed by atoms with Crippen LogP contribution in [0.3, 0.4) is 0 Å². The SMILES string of the molecule is CNC(=O)NC(=O)C(C)N1CCCC(NC(C)=O)C1. The lowest BCUT2D eigenvalue weighted by Gasteiger charge is -2.36. The quantitative estimate of drug-likeness (QED) is 0.640. The number of amides is 4. The molecule has 0 aromatic rings. The Hall–Kier alpha value is -1.63. The molecule has 1 rings (SSSR count). The van der Waals surface area contributed by atoms with Gasteiger partial charge in [-0.1, -0.05) is 0 Å². The summed E-state index contributed by atoms with van der Waals surface area (Å²) >= 11 is 0. The van der Waals surface area contributed by atoms with Crippen molar-refractivity contribution < 1.29 is 14.4 Å². The zero-order chi connectivity index (χ0) is 14.4. The van der Waals surface area contributed by atoms with Gasteiger partial charge in [-0.2, -0.15) is 0 Å². The van der Waals surface area contributed by atoms with Gasteiger partial charge in [0.2, 0.25) is 11.8 Å². The van der Waals surface area contributed by atoms with Gasteiger partial charge in [0.25, 0.3) is 0 Å². The van der Waals surface area contributed by atoms with Crippen molar-refractivity contribution in [2.24, 2.45) is 0 Å². The van der Waals surface area contributed by atoms with Crippen LogP contribution < -0.4 is 16.0 Å². The van der Waals surface area contributed by atoms with Crippen LogP contribution >= 0.6 is 0 Å². The Bertz CT molecular complexity index is 359. The van der Waals surface area contributed by atoms with Gasteiger partial charge in [-0.05, 0) is 26.3 Å². The molecule has 7 heteroatoms. The van der Waals surface area contributed by atoms with Crippen LogP contribution in [0.15, 0.2) is 0 Å². The Labute approximate surface area is 113 Å². The number of nitrogens with one attached hydrogen (secondary N) is 3. The molecule has 0 saturated carbocycles. The van der Waals surface area contributed by atoms with Gasteiger partial charge in [0.05, 0.1) is 6.04 Å². The Balaban J connectivity index is 2.51. The third-order valence-corrected chi connectivity index (χ3v) is 3.25. The Morgan fingerprint density at radius 1 is 1.32 bits per heavy atom. The number of carbonyl (C=O) groups is 3. The van der Waals surface area contributed by atoms with Crippen molar-refractivity contribution in [2.45, 2.75) is 38.8 Å². The van der Waals surface area contributed by atoms with Crippen LogP contribution in [0.4, 0.5) is 4.79 Å². The minimum Gasteiger partial charge on any atom is -0.352 e. The molecule has 1 aliphatic rings. The van der Waals surface area contributed by atoms with Gasteiger partial charge in [-0.15, -0.1) is 0 Å². The molecular formula is C12H22N4O3. The number of urea groups is 1. The van der Waals surface area contributed by atoms with Gasteiger partial charge >= 0.3 is 6.03 Å². The maximum Gasteiger partial charge on any atom is 0.321 e. The van der Waals surface area contributed by atoms with Crippen LogP contribution in [0, 0.1) is 0 Å². The predicted molar refractivity (Wildman–Crippen MR) is 70.5 cm³/mol. The molecular weight excluding hydrogens is 248 g/mol. The molecule has 7 nitrogen and oxygen atoms in total. The average Bonchev–Trinajstić information content (AvgIpc) is 2.37. The minimum atomic E-state index is -0.507. The van der Waals surface area contributed by atoms with Crippen LogP contribution in [0.2, 0.25) is 0 Å². The van der Waals surface area contributed by atoms with E-state index in [0.29, 0.717) is 6.54 Å².